The Morgan fingerprint density at radius 3 is 2.70 bits per heavy atom. The van der Waals surface area contributed by atoms with Crippen molar-refractivity contribution in [3.05, 3.63) is 47.0 Å². The van der Waals surface area contributed by atoms with E-state index in [2.05, 4.69) is 18.2 Å². The molecule has 23 heavy (non-hydrogen) atoms. The van der Waals surface area contributed by atoms with Gasteiger partial charge in [0, 0.05) is 29.5 Å². The first-order chi connectivity index (χ1) is 11.2. The van der Waals surface area contributed by atoms with Crippen molar-refractivity contribution in [1.82, 2.24) is 19.3 Å². The molecule has 0 aliphatic heterocycles. The number of imidazole rings is 1. The number of thioether (sulfide) groups is 1. The second-order valence-electron chi connectivity index (χ2n) is 5.02. The zero-order chi connectivity index (χ0) is 16.4. The number of benzene rings is 1. The van der Waals surface area contributed by atoms with Crippen molar-refractivity contribution in [2.75, 3.05) is 6.26 Å². The predicted octanol–water partition coefficient (Wildman–Crippen LogP) is 5.17. The van der Waals surface area contributed by atoms with Crippen molar-refractivity contribution in [3.8, 4) is 16.9 Å². The molecule has 120 valence electrons. The summed E-state index contributed by atoms with van der Waals surface area (Å²) in [5, 5.41) is 7.10. The molecular weight excluding hydrogens is 351 g/mol. The van der Waals surface area contributed by atoms with Crippen LogP contribution in [0.25, 0.3) is 16.9 Å². The Morgan fingerprint density at radius 2 is 2.09 bits per heavy atom. The van der Waals surface area contributed by atoms with E-state index >= 15 is 0 Å². The zero-order valence-electron chi connectivity index (χ0n) is 12.8. The molecule has 0 atom stereocenters. The fourth-order valence-corrected chi connectivity index (χ4v) is 3.73. The van der Waals surface area contributed by atoms with Crippen LogP contribution >= 0.6 is 35.0 Å². The van der Waals surface area contributed by atoms with Gasteiger partial charge in [-0.15, -0.1) is 11.8 Å². The van der Waals surface area contributed by atoms with Gasteiger partial charge in [0.15, 0.2) is 0 Å². The Balaban J connectivity index is 2.26. The summed E-state index contributed by atoms with van der Waals surface area (Å²) in [7, 11) is 0. The first-order valence-corrected chi connectivity index (χ1v) is 9.22. The van der Waals surface area contributed by atoms with Crippen LogP contribution in [-0.2, 0) is 6.54 Å². The molecule has 0 spiro atoms. The molecule has 0 bridgehead atoms. The van der Waals surface area contributed by atoms with Gasteiger partial charge in [-0.25, -0.2) is 4.98 Å². The minimum atomic E-state index is 0.590. The molecule has 0 amide bonds. The lowest BCUT2D eigenvalue weighted by Gasteiger charge is -2.08. The first-order valence-electron chi connectivity index (χ1n) is 7.24. The van der Waals surface area contributed by atoms with Crippen molar-refractivity contribution in [2.45, 2.75) is 24.9 Å². The molecule has 3 aromatic rings. The Labute approximate surface area is 149 Å². The third kappa shape index (κ3) is 3.13. The highest BCUT2D eigenvalue weighted by Gasteiger charge is 2.21. The molecule has 2 heterocycles. The molecule has 4 nitrogen and oxygen atoms in total. The summed E-state index contributed by atoms with van der Waals surface area (Å²) in [5.41, 5.74) is 2.69. The van der Waals surface area contributed by atoms with E-state index in [-0.39, 0.29) is 0 Å². The number of rotatable bonds is 5. The summed E-state index contributed by atoms with van der Waals surface area (Å²) >= 11 is 14.1. The molecule has 0 fully saturated rings. The lowest BCUT2D eigenvalue weighted by atomic mass is 10.1. The molecule has 0 saturated carbocycles. The summed E-state index contributed by atoms with van der Waals surface area (Å²) in [6, 6.07) is 5.49. The van der Waals surface area contributed by atoms with Crippen molar-refractivity contribution in [2.24, 2.45) is 0 Å². The molecule has 0 radical (unpaired) electrons. The van der Waals surface area contributed by atoms with E-state index < -0.39 is 0 Å². The van der Waals surface area contributed by atoms with E-state index in [0.717, 1.165) is 34.9 Å². The minimum Gasteiger partial charge on any atom is -0.302 e. The highest BCUT2D eigenvalue weighted by Crippen LogP contribution is 2.38. The average Bonchev–Trinajstić information content (AvgIpc) is 3.14. The zero-order valence-corrected chi connectivity index (χ0v) is 15.2. The van der Waals surface area contributed by atoms with E-state index in [1.54, 1.807) is 30.4 Å². The standard InChI is InChI=1S/C16H16Cl2N4S/c1-3-7-22-16(23-2)15(21-8-6-19-10-21)14(20-22)12-5-4-11(17)9-13(12)18/h4-6,8-10H,3,7H2,1-2H3. The normalized spacial score (nSPS) is 11.1. The highest BCUT2D eigenvalue weighted by atomic mass is 35.5. The molecule has 3 rings (SSSR count). The van der Waals surface area contributed by atoms with Crippen LogP contribution in [0.15, 0.2) is 41.9 Å². The maximum atomic E-state index is 6.41. The van der Waals surface area contributed by atoms with Gasteiger partial charge in [0.1, 0.15) is 16.4 Å². The molecule has 0 aliphatic rings. The molecule has 0 aliphatic carbocycles. The molecule has 0 saturated heterocycles. The Morgan fingerprint density at radius 1 is 1.26 bits per heavy atom. The van der Waals surface area contributed by atoms with Gasteiger partial charge in [0.05, 0.1) is 11.3 Å². The molecule has 7 heteroatoms. The van der Waals surface area contributed by atoms with Crippen LogP contribution in [0, 0.1) is 0 Å². The van der Waals surface area contributed by atoms with Gasteiger partial charge in [-0.1, -0.05) is 30.1 Å². The van der Waals surface area contributed by atoms with Crippen molar-refractivity contribution in [1.29, 1.82) is 0 Å². The molecule has 1 aromatic carbocycles. The Bertz CT molecular complexity index is 812. The van der Waals surface area contributed by atoms with Crippen LogP contribution in [0.5, 0.6) is 0 Å². The van der Waals surface area contributed by atoms with Crippen LogP contribution in [0.1, 0.15) is 13.3 Å². The Kier molecular flexibility index (Phi) is 4.99. The summed E-state index contributed by atoms with van der Waals surface area (Å²) in [4.78, 5) is 4.16. The smallest absolute Gasteiger partial charge is 0.119 e. The van der Waals surface area contributed by atoms with E-state index in [4.69, 9.17) is 28.3 Å². The van der Waals surface area contributed by atoms with E-state index in [0.29, 0.717) is 10.0 Å². The topological polar surface area (TPSA) is 35.6 Å². The van der Waals surface area contributed by atoms with Crippen LogP contribution < -0.4 is 0 Å². The highest BCUT2D eigenvalue weighted by molar-refractivity contribution is 7.98. The van der Waals surface area contributed by atoms with Crippen molar-refractivity contribution in [3.63, 3.8) is 0 Å². The average molecular weight is 367 g/mol. The summed E-state index contributed by atoms with van der Waals surface area (Å²) < 4.78 is 4.01. The van der Waals surface area contributed by atoms with E-state index in [1.807, 2.05) is 27.6 Å². The van der Waals surface area contributed by atoms with Gasteiger partial charge in [0.2, 0.25) is 0 Å². The van der Waals surface area contributed by atoms with Crippen LogP contribution in [0.2, 0.25) is 10.0 Å². The summed E-state index contributed by atoms with van der Waals surface area (Å²) in [6.45, 7) is 2.99. The predicted molar refractivity (Wildman–Crippen MR) is 96.9 cm³/mol. The van der Waals surface area contributed by atoms with Crippen molar-refractivity contribution < 1.29 is 0 Å². The van der Waals surface area contributed by atoms with Gasteiger partial charge >= 0.3 is 0 Å². The van der Waals surface area contributed by atoms with Gasteiger partial charge in [-0.2, -0.15) is 5.10 Å². The van der Waals surface area contributed by atoms with Gasteiger partial charge in [0.25, 0.3) is 0 Å². The molecule has 0 N–H and O–H groups in total. The van der Waals surface area contributed by atoms with Gasteiger partial charge < -0.3 is 4.57 Å². The minimum absolute atomic E-state index is 0.590. The number of aromatic nitrogens is 4. The molecular formula is C16H16Cl2N4S. The molecule has 2 aromatic heterocycles. The summed E-state index contributed by atoms with van der Waals surface area (Å²) in [5.74, 6) is 0. The van der Waals surface area contributed by atoms with E-state index in [9.17, 15) is 0 Å². The largest absolute Gasteiger partial charge is 0.302 e. The number of aryl methyl sites for hydroxylation is 1. The third-order valence-electron chi connectivity index (χ3n) is 3.46. The third-order valence-corrected chi connectivity index (χ3v) is 4.80. The van der Waals surface area contributed by atoms with E-state index in [1.165, 1.54) is 0 Å². The number of nitrogens with zero attached hydrogens (tertiary/aromatic N) is 4. The lowest BCUT2D eigenvalue weighted by molar-refractivity contribution is 0.559. The monoisotopic (exact) mass is 366 g/mol. The lowest BCUT2D eigenvalue weighted by Crippen LogP contribution is -2.01. The number of halogens is 2. The quantitative estimate of drug-likeness (QED) is 0.584. The number of hydrogen-bond acceptors (Lipinski definition) is 3. The Hall–Kier alpha value is -1.43. The maximum absolute atomic E-state index is 6.41. The van der Waals surface area contributed by atoms with Crippen LogP contribution in [0.3, 0.4) is 0 Å². The second kappa shape index (κ2) is 6.99. The SMILES string of the molecule is CCCn1nc(-c2ccc(Cl)cc2Cl)c(-n2ccnc2)c1SC. The number of hydrogen-bond donors (Lipinski definition) is 0. The van der Waals surface area contributed by atoms with Crippen molar-refractivity contribution >= 4 is 35.0 Å². The van der Waals surface area contributed by atoms with Gasteiger partial charge in [-0.05, 0) is 30.9 Å². The van der Waals surface area contributed by atoms with Crippen LogP contribution in [0.4, 0.5) is 0 Å². The maximum Gasteiger partial charge on any atom is 0.119 e. The fourth-order valence-electron chi connectivity index (χ4n) is 2.49. The second-order valence-corrected chi connectivity index (χ2v) is 6.66. The van der Waals surface area contributed by atoms with Crippen LogP contribution in [-0.4, -0.2) is 25.6 Å². The first kappa shape index (κ1) is 16.4. The van der Waals surface area contributed by atoms with Gasteiger partial charge in [-0.3, -0.25) is 4.68 Å². The fraction of sp³-hybridized carbons (Fsp3) is 0.250. The summed E-state index contributed by atoms with van der Waals surface area (Å²) in [6.07, 6.45) is 8.51. The molecule has 0 unspecified atom stereocenters.